The predicted molar refractivity (Wildman–Crippen MR) is 76.3 cm³/mol. The summed E-state index contributed by atoms with van der Waals surface area (Å²) in [4.78, 5) is 0. The lowest BCUT2D eigenvalue weighted by Gasteiger charge is -2.13. The molecule has 0 saturated heterocycles. The maximum atomic E-state index is 5.46. The minimum absolute atomic E-state index is 0.418. The van der Waals surface area contributed by atoms with Gasteiger partial charge in [-0.2, -0.15) is 0 Å². The smallest absolute Gasteiger partial charge is 0.119 e. The van der Waals surface area contributed by atoms with Crippen molar-refractivity contribution in [1.29, 1.82) is 0 Å². The molecule has 0 spiro atoms. The zero-order valence-electron chi connectivity index (χ0n) is 11.3. The van der Waals surface area contributed by atoms with E-state index in [0.717, 1.165) is 5.75 Å². The molecule has 0 heterocycles. The van der Waals surface area contributed by atoms with E-state index in [1.807, 2.05) is 19.1 Å². The molecule has 0 radical (unpaired) electrons. The number of ether oxygens (including phenoxy) is 1. The van der Waals surface area contributed by atoms with Gasteiger partial charge in [-0.15, -0.1) is 0 Å². The van der Waals surface area contributed by atoms with Crippen LogP contribution in [0, 0.1) is 6.92 Å². The average Bonchev–Trinajstić information content (AvgIpc) is 2.40. The van der Waals surface area contributed by atoms with Crippen molar-refractivity contribution in [3.63, 3.8) is 0 Å². The van der Waals surface area contributed by atoms with Crippen molar-refractivity contribution in [1.82, 2.24) is 0 Å². The second kappa shape index (κ2) is 5.72. The molecule has 0 aromatic heterocycles. The van der Waals surface area contributed by atoms with E-state index in [1.54, 1.807) is 0 Å². The largest absolute Gasteiger partial charge is 0.494 e. The number of hydrogen-bond acceptors (Lipinski definition) is 1. The van der Waals surface area contributed by atoms with Gasteiger partial charge in [0, 0.05) is 5.92 Å². The molecule has 0 aliphatic rings. The van der Waals surface area contributed by atoms with E-state index < -0.39 is 0 Å². The van der Waals surface area contributed by atoms with Crippen LogP contribution in [0.3, 0.4) is 0 Å². The van der Waals surface area contributed by atoms with Crippen LogP contribution in [-0.4, -0.2) is 6.61 Å². The molecule has 2 aromatic carbocycles. The Morgan fingerprint density at radius 1 is 0.889 bits per heavy atom. The molecular formula is C17H20O. The van der Waals surface area contributed by atoms with E-state index in [1.165, 1.54) is 16.7 Å². The third-order valence-electron chi connectivity index (χ3n) is 3.27. The number of benzene rings is 2. The summed E-state index contributed by atoms with van der Waals surface area (Å²) in [6, 6.07) is 17.1. The summed E-state index contributed by atoms with van der Waals surface area (Å²) in [5, 5.41) is 0. The van der Waals surface area contributed by atoms with Crippen LogP contribution < -0.4 is 4.74 Å². The normalized spacial score (nSPS) is 12.2. The summed E-state index contributed by atoms with van der Waals surface area (Å²) in [6.07, 6.45) is 0. The molecule has 1 nitrogen and oxygen atoms in total. The molecule has 0 aliphatic heterocycles. The van der Waals surface area contributed by atoms with Gasteiger partial charge in [-0.1, -0.05) is 48.9 Å². The van der Waals surface area contributed by atoms with Gasteiger partial charge >= 0.3 is 0 Å². The van der Waals surface area contributed by atoms with Gasteiger partial charge in [-0.25, -0.2) is 0 Å². The van der Waals surface area contributed by atoms with Gasteiger partial charge in [0.05, 0.1) is 6.61 Å². The van der Waals surface area contributed by atoms with E-state index >= 15 is 0 Å². The molecule has 1 atom stereocenters. The maximum absolute atomic E-state index is 5.46. The van der Waals surface area contributed by atoms with Crippen LogP contribution in [0.2, 0.25) is 0 Å². The molecular weight excluding hydrogens is 220 g/mol. The second-order valence-corrected chi connectivity index (χ2v) is 4.63. The predicted octanol–water partition coefficient (Wildman–Crippen LogP) is 4.55. The first-order valence-electron chi connectivity index (χ1n) is 6.50. The Hall–Kier alpha value is -1.76. The molecule has 0 N–H and O–H groups in total. The molecule has 18 heavy (non-hydrogen) atoms. The van der Waals surface area contributed by atoms with E-state index in [2.05, 4.69) is 50.2 Å². The summed E-state index contributed by atoms with van der Waals surface area (Å²) >= 11 is 0. The average molecular weight is 240 g/mol. The second-order valence-electron chi connectivity index (χ2n) is 4.63. The van der Waals surface area contributed by atoms with Crippen molar-refractivity contribution in [2.24, 2.45) is 0 Å². The van der Waals surface area contributed by atoms with Gasteiger partial charge in [-0.3, -0.25) is 0 Å². The Bertz CT molecular complexity index is 482. The van der Waals surface area contributed by atoms with E-state index in [4.69, 9.17) is 4.74 Å². The van der Waals surface area contributed by atoms with Crippen molar-refractivity contribution < 1.29 is 4.74 Å². The van der Waals surface area contributed by atoms with Gasteiger partial charge in [0.15, 0.2) is 0 Å². The summed E-state index contributed by atoms with van der Waals surface area (Å²) in [7, 11) is 0. The highest BCUT2D eigenvalue weighted by atomic mass is 16.5. The van der Waals surface area contributed by atoms with Crippen LogP contribution in [-0.2, 0) is 0 Å². The minimum Gasteiger partial charge on any atom is -0.494 e. The maximum Gasteiger partial charge on any atom is 0.119 e. The molecule has 0 saturated carbocycles. The van der Waals surface area contributed by atoms with Crippen molar-refractivity contribution in [2.75, 3.05) is 6.61 Å². The SMILES string of the molecule is CCOc1ccc(C(C)c2ccc(C)cc2)cc1. The van der Waals surface area contributed by atoms with Crippen LogP contribution in [0.15, 0.2) is 48.5 Å². The van der Waals surface area contributed by atoms with E-state index in [-0.39, 0.29) is 0 Å². The first-order chi connectivity index (χ1) is 8.70. The molecule has 2 aromatic rings. The Labute approximate surface area is 109 Å². The van der Waals surface area contributed by atoms with Crippen molar-refractivity contribution in [3.05, 3.63) is 65.2 Å². The Kier molecular flexibility index (Phi) is 4.03. The topological polar surface area (TPSA) is 9.23 Å². The van der Waals surface area contributed by atoms with Crippen LogP contribution in [0.5, 0.6) is 5.75 Å². The highest BCUT2D eigenvalue weighted by Crippen LogP contribution is 2.25. The highest BCUT2D eigenvalue weighted by molar-refractivity contribution is 5.36. The first-order valence-corrected chi connectivity index (χ1v) is 6.50. The molecule has 0 fully saturated rings. The standard InChI is InChI=1S/C17H20O/c1-4-18-17-11-9-16(10-12-17)14(3)15-7-5-13(2)6-8-15/h5-12,14H,4H2,1-3H3. The summed E-state index contributed by atoms with van der Waals surface area (Å²) < 4.78 is 5.46. The van der Waals surface area contributed by atoms with Crippen molar-refractivity contribution in [3.8, 4) is 5.75 Å². The fourth-order valence-corrected chi connectivity index (χ4v) is 2.07. The van der Waals surface area contributed by atoms with Crippen molar-refractivity contribution in [2.45, 2.75) is 26.7 Å². The lowest BCUT2D eigenvalue weighted by atomic mass is 9.93. The Balaban J connectivity index is 2.17. The zero-order valence-corrected chi connectivity index (χ0v) is 11.3. The number of rotatable bonds is 4. The van der Waals surface area contributed by atoms with Gasteiger partial charge < -0.3 is 4.74 Å². The van der Waals surface area contributed by atoms with Crippen LogP contribution in [0.25, 0.3) is 0 Å². The molecule has 0 bridgehead atoms. The summed E-state index contributed by atoms with van der Waals surface area (Å²) in [5.41, 5.74) is 3.98. The van der Waals surface area contributed by atoms with Crippen LogP contribution in [0.1, 0.15) is 36.5 Å². The molecule has 1 heteroatoms. The van der Waals surface area contributed by atoms with Gasteiger partial charge in [0.1, 0.15) is 5.75 Å². The summed E-state index contributed by atoms with van der Waals surface area (Å²) in [6.45, 7) is 7.07. The molecule has 0 amide bonds. The lowest BCUT2D eigenvalue weighted by molar-refractivity contribution is 0.340. The number of aryl methyl sites for hydroxylation is 1. The molecule has 2 rings (SSSR count). The first kappa shape index (κ1) is 12.7. The minimum atomic E-state index is 0.418. The number of hydrogen-bond donors (Lipinski definition) is 0. The zero-order chi connectivity index (χ0) is 13.0. The van der Waals surface area contributed by atoms with Gasteiger partial charge in [-0.05, 0) is 37.1 Å². The van der Waals surface area contributed by atoms with Gasteiger partial charge in [0.2, 0.25) is 0 Å². The third kappa shape index (κ3) is 2.92. The fourth-order valence-electron chi connectivity index (χ4n) is 2.07. The quantitative estimate of drug-likeness (QED) is 0.762. The molecule has 1 unspecified atom stereocenters. The highest BCUT2D eigenvalue weighted by Gasteiger charge is 2.08. The van der Waals surface area contributed by atoms with E-state index in [9.17, 15) is 0 Å². The van der Waals surface area contributed by atoms with Gasteiger partial charge in [0.25, 0.3) is 0 Å². The third-order valence-corrected chi connectivity index (χ3v) is 3.27. The fraction of sp³-hybridized carbons (Fsp3) is 0.294. The monoisotopic (exact) mass is 240 g/mol. The molecule has 0 aliphatic carbocycles. The van der Waals surface area contributed by atoms with E-state index in [0.29, 0.717) is 12.5 Å². The Morgan fingerprint density at radius 3 is 1.89 bits per heavy atom. The van der Waals surface area contributed by atoms with Crippen molar-refractivity contribution >= 4 is 0 Å². The summed E-state index contributed by atoms with van der Waals surface area (Å²) in [5.74, 6) is 1.36. The van der Waals surface area contributed by atoms with Crippen LogP contribution >= 0.6 is 0 Å². The van der Waals surface area contributed by atoms with Crippen LogP contribution in [0.4, 0.5) is 0 Å². The lowest BCUT2D eigenvalue weighted by Crippen LogP contribution is -1.97. The Morgan fingerprint density at radius 2 is 1.39 bits per heavy atom. The molecule has 94 valence electrons.